The molecule has 1 aromatic carbocycles. The Morgan fingerprint density at radius 2 is 1.89 bits per heavy atom. The molecular weight excluding hydrogens is 262 g/mol. The number of sulfone groups is 1. The highest BCUT2D eigenvalue weighted by atomic mass is 32.2. The lowest BCUT2D eigenvalue weighted by Gasteiger charge is -2.24. The first-order valence-electron chi connectivity index (χ1n) is 6.45. The standard InChI is InChI=1S/C14H21NO3S/c1-14(7-8-19(16,17)11-14)15-9-12-3-5-13(6-4-12)10-18-2/h3-6,15H,7-11H2,1-2H3. The van der Waals surface area contributed by atoms with Crippen molar-refractivity contribution in [3.05, 3.63) is 35.4 Å². The first-order valence-corrected chi connectivity index (χ1v) is 8.27. The first kappa shape index (κ1) is 14.5. The second-order valence-electron chi connectivity index (χ2n) is 5.51. The topological polar surface area (TPSA) is 55.4 Å². The van der Waals surface area contributed by atoms with Crippen LogP contribution in [0.15, 0.2) is 24.3 Å². The lowest BCUT2D eigenvalue weighted by atomic mass is 10.0. The van der Waals surface area contributed by atoms with Crippen LogP contribution in [0.5, 0.6) is 0 Å². The molecule has 0 aromatic heterocycles. The van der Waals surface area contributed by atoms with Crippen molar-refractivity contribution in [3.8, 4) is 0 Å². The van der Waals surface area contributed by atoms with E-state index in [0.717, 1.165) is 11.1 Å². The van der Waals surface area contributed by atoms with Crippen molar-refractivity contribution >= 4 is 9.84 Å². The van der Waals surface area contributed by atoms with E-state index in [2.05, 4.69) is 5.32 Å². The molecule has 1 N–H and O–H groups in total. The summed E-state index contributed by atoms with van der Waals surface area (Å²) < 4.78 is 28.1. The maximum atomic E-state index is 11.5. The molecule has 1 heterocycles. The SMILES string of the molecule is COCc1ccc(CNC2(C)CCS(=O)(=O)C2)cc1. The third kappa shape index (κ3) is 4.03. The fraction of sp³-hybridized carbons (Fsp3) is 0.571. The molecule has 0 saturated carbocycles. The number of hydrogen-bond donors (Lipinski definition) is 1. The van der Waals surface area contributed by atoms with Gasteiger partial charge in [0.25, 0.3) is 0 Å². The van der Waals surface area contributed by atoms with Gasteiger partial charge in [0, 0.05) is 19.2 Å². The molecule has 1 aromatic rings. The summed E-state index contributed by atoms with van der Waals surface area (Å²) in [7, 11) is -1.17. The van der Waals surface area contributed by atoms with E-state index >= 15 is 0 Å². The third-order valence-electron chi connectivity index (χ3n) is 3.56. The van der Waals surface area contributed by atoms with Gasteiger partial charge in [-0.05, 0) is 24.5 Å². The van der Waals surface area contributed by atoms with Gasteiger partial charge in [0.15, 0.2) is 9.84 Å². The summed E-state index contributed by atoms with van der Waals surface area (Å²) in [6.07, 6.45) is 0.692. The zero-order valence-electron chi connectivity index (χ0n) is 11.5. The minimum atomic E-state index is -2.85. The lowest BCUT2D eigenvalue weighted by molar-refractivity contribution is 0.185. The van der Waals surface area contributed by atoms with Gasteiger partial charge in [0.05, 0.1) is 18.1 Å². The fourth-order valence-corrected chi connectivity index (χ4v) is 4.51. The summed E-state index contributed by atoms with van der Waals surface area (Å²) in [6.45, 7) is 3.29. The fourth-order valence-electron chi connectivity index (χ4n) is 2.39. The molecule has 1 fully saturated rings. The van der Waals surface area contributed by atoms with Crippen LogP contribution in [0, 0.1) is 0 Å². The molecule has 0 radical (unpaired) electrons. The molecule has 1 atom stereocenters. The minimum absolute atomic E-state index is 0.238. The minimum Gasteiger partial charge on any atom is -0.380 e. The highest BCUT2D eigenvalue weighted by Crippen LogP contribution is 2.23. The van der Waals surface area contributed by atoms with Gasteiger partial charge in [-0.3, -0.25) is 0 Å². The average molecular weight is 283 g/mol. The van der Waals surface area contributed by atoms with Crippen LogP contribution in [-0.4, -0.2) is 32.6 Å². The zero-order chi connectivity index (χ0) is 13.9. The zero-order valence-corrected chi connectivity index (χ0v) is 12.3. The largest absolute Gasteiger partial charge is 0.380 e. The highest BCUT2D eigenvalue weighted by molar-refractivity contribution is 7.91. The Kier molecular flexibility index (Phi) is 4.28. The molecule has 1 saturated heterocycles. The molecule has 1 unspecified atom stereocenters. The predicted octanol–water partition coefficient (Wildman–Crippen LogP) is 1.50. The number of nitrogens with one attached hydrogen (secondary N) is 1. The number of methoxy groups -OCH3 is 1. The lowest BCUT2D eigenvalue weighted by Crippen LogP contribution is -2.42. The Bertz CT molecular complexity index is 524. The Hall–Kier alpha value is -0.910. The number of benzene rings is 1. The van der Waals surface area contributed by atoms with Crippen LogP contribution in [-0.2, 0) is 27.7 Å². The second kappa shape index (κ2) is 5.61. The van der Waals surface area contributed by atoms with Crippen molar-refractivity contribution < 1.29 is 13.2 Å². The van der Waals surface area contributed by atoms with Gasteiger partial charge in [-0.2, -0.15) is 0 Å². The first-order chi connectivity index (χ1) is 8.92. The van der Waals surface area contributed by atoms with Gasteiger partial charge >= 0.3 is 0 Å². The van der Waals surface area contributed by atoms with Gasteiger partial charge in [-0.1, -0.05) is 24.3 Å². The van der Waals surface area contributed by atoms with E-state index in [0.29, 0.717) is 25.3 Å². The van der Waals surface area contributed by atoms with E-state index in [1.807, 2.05) is 31.2 Å². The molecule has 106 valence electrons. The van der Waals surface area contributed by atoms with E-state index < -0.39 is 9.84 Å². The van der Waals surface area contributed by atoms with Crippen LogP contribution >= 0.6 is 0 Å². The summed E-state index contributed by atoms with van der Waals surface area (Å²) in [5.74, 6) is 0.533. The van der Waals surface area contributed by atoms with E-state index in [9.17, 15) is 8.42 Å². The third-order valence-corrected chi connectivity index (χ3v) is 5.46. The molecular formula is C14H21NO3S. The summed E-state index contributed by atoms with van der Waals surface area (Å²) in [4.78, 5) is 0. The van der Waals surface area contributed by atoms with E-state index in [1.165, 1.54) is 0 Å². The molecule has 1 aliphatic heterocycles. The Balaban J connectivity index is 1.92. The van der Waals surface area contributed by atoms with E-state index in [1.54, 1.807) is 7.11 Å². The molecule has 1 aliphatic rings. The summed E-state index contributed by atoms with van der Waals surface area (Å²) in [5.41, 5.74) is 2.01. The molecule has 0 bridgehead atoms. The second-order valence-corrected chi connectivity index (χ2v) is 7.69. The van der Waals surface area contributed by atoms with E-state index in [-0.39, 0.29) is 11.3 Å². The molecule has 2 rings (SSSR count). The molecule has 19 heavy (non-hydrogen) atoms. The summed E-state index contributed by atoms with van der Waals surface area (Å²) in [6, 6.07) is 8.17. The maximum absolute atomic E-state index is 11.5. The van der Waals surface area contributed by atoms with Crippen molar-refractivity contribution in [2.45, 2.75) is 32.0 Å². The van der Waals surface area contributed by atoms with Crippen molar-refractivity contribution in [1.82, 2.24) is 5.32 Å². The number of hydrogen-bond acceptors (Lipinski definition) is 4. The van der Waals surface area contributed by atoms with E-state index in [4.69, 9.17) is 4.74 Å². The number of ether oxygens (including phenoxy) is 1. The highest BCUT2D eigenvalue weighted by Gasteiger charge is 2.37. The van der Waals surface area contributed by atoms with Crippen molar-refractivity contribution in [1.29, 1.82) is 0 Å². The Labute approximate surface area is 115 Å². The van der Waals surface area contributed by atoms with Crippen LogP contribution < -0.4 is 5.32 Å². The molecule has 0 amide bonds. The van der Waals surface area contributed by atoms with Gasteiger partial charge in [-0.15, -0.1) is 0 Å². The Morgan fingerprint density at radius 3 is 2.42 bits per heavy atom. The van der Waals surface area contributed by atoms with Crippen LogP contribution in [0.2, 0.25) is 0 Å². The van der Waals surface area contributed by atoms with Gasteiger partial charge in [0.2, 0.25) is 0 Å². The molecule has 0 aliphatic carbocycles. The predicted molar refractivity (Wildman–Crippen MR) is 75.7 cm³/mol. The molecule has 5 heteroatoms. The van der Waals surface area contributed by atoms with Crippen molar-refractivity contribution in [3.63, 3.8) is 0 Å². The van der Waals surface area contributed by atoms with Crippen LogP contribution in [0.25, 0.3) is 0 Å². The van der Waals surface area contributed by atoms with Crippen LogP contribution in [0.3, 0.4) is 0 Å². The number of rotatable bonds is 5. The average Bonchev–Trinajstić information content (AvgIpc) is 2.64. The summed E-state index contributed by atoms with van der Waals surface area (Å²) >= 11 is 0. The van der Waals surface area contributed by atoms with Crippen LogP contribution in [0.4, 0.5) is 0 Å². The van der Waals surface area contributed by atoms with Crippen molar-refractivity contribution in [2.75, 3.05) is 18.6 Å². The van der Waals surface area contributed by atoms with Crippen molar-refractivity contribution in [2.24, 2.45) is 0 Å². The van der Waals surface area contributed by atoms with Gasteiger partial charge in [0.1, 0.15) is 0 Å². The van der Waals surface area contributed by atoms with Gasteiger partial charge in [-0.25, -0.2) is 8.42 Å². The summed E-state index contributed by atoms with van der Waals surface area (Å²) in [5, 5.41) is 3.37. The van der Waals surface area contributed by atoms with Crippen LogP contribution in [0.1, 0.15) is 24.5 Å². The molecule has 0 spiro atoms. The monoisotopic (exact) mass is 283 g/mol. The normalized spacial score (nSPS) is 25.6. The maximum Gasteiger partial charge on any atom is 0.152 e. The quantitative estimate of drug-likeness (QED) is 0.890. The molecule has 4 nitrogen and oxygen atoms in total. The van der Waals surface area contributed by atoms with Gasteiger partial charge < -0.3 is 10.1 Å². The smallest absolute Gasteiger partial charge is 0.152 e. The Morgan fingerprint density at radius 1 is 1.26 bits per heavy atom.